The van der Waals surface area contributed by atoms with Gasteiger partial charge in [0.15, 0.2) is 0 Å². The zero-order chi connectivity index (χ0) is 4.28. The summed E-state index contributed by atoms with van der Waals surface area (Å²) in [7, 11) is 0. The van der Waals surface area contributed by atoms with E-state index in [1.807, 2.05) is 6.92 Å². The minimum absolute atomic E-state index is 0.0293. The van der Waals surface area contributed by atoms with E-state index in [-0.39, 0.29) is 6.10 Å². The van der Waals surface area contributed by atoms with Crippen molar-refractivity contribution >= 4 is 0 Å². The first-order valence-electron chi connectivity index (χ1n) is 1.74. The van der Waals surface area contributed by atoms with Crippen molar-refractivity contribution in [1.82, 2.24) is 0 Å². The van der Waals surface area contributed by atoms with E-state index in [1.54, 1.807) is 0 Å². The average molecular weight is 260 g/mol. The van der Waals surface area contributed by atoms with Crippen LogP contribution in [0.15, 0.2) is 0 Å². The zero-order valence-electron chi connectivity index (χ0n) is 3.44. The van der Waals surface area contributed by atoms with Gasteiger partial charge in [-0.05, 0) is 0 Å². The molecule has 0 spiro atoms. The normalized spacial score (nSPS) is 15.2. The van der Waals surface area contributed by atoms with Crippen LogP contribution < -0.4 is 0 Å². The van der Waals surface area contributed by atoms with Crippen LogP contribution in [0.3, 0.4) is 0 Å². The Morgan fingerprint density at radius 2 is 2.20 bits per heavy atom. The molecule has 0 aliphatic heterocycles. The van der Waals surface area contributed by atoms with E-state index in [4.69, 9.17) is 5.11 Å². The van der Waals surface area contributed by atoms with Crippen LogP contribution in [0.4, 0.5) is 0 Å². The Morgan fingerprint density at radius 3 is 2.20 bits per heavy atom. The second-order valence-electron chi connectivity index (χ2n) is 1.14. The molecule has 0 amide bonds. The first-order valence-corrected chi connectivity index (χ1v) is 5.63. The van der Waals surface area contributed by atoms with Crippen molar-refractivity contribution in [3.63, 3.8) is 0 Å². The quantitative estimate of drug-likeness (QED) is 0.673. The molecular formula is C3H7HgO+. The van der Waals surface area contributed by atoms with Gasteiger partial charge in [-0.25, -0.2) is 0 Å². The average Bonchev–Trinajstić information content (AvgIpc) is 1.38. The molecule has 0 saturated carbocycles. The fraction of sp³-hybridized carbons (Fsp3) is 1.00. The molecule has 1 N–H and O–H groups in total. The first-order chi connectivity index (χ1) is 2.27. The Bertz CT molecular complexity index is 20.9. The molecule has 0 aliphatic rings. The van der Waals surface area contributed by atoms with Gasteiger partial charge in [0.2, 0.25) is 0 Å². The molecule has 0 saturated heterocycles. The van der Waals surface area contributed by atoms with Crippen LogP contribution in [0.2, 0.25) is 3.93 Å². The van der Waals surface area contributed by atoms with E-state index in [0.717, 1.165) is 30.1 Å². The van der Waals surface area contributed by atoms with Gasteiger partial charge in [0.05, 0.1) is 0 Å². The van der Waals surface area contributed by atoms with Gasteiger partial charge in [-0.1, -0.05) is 0 Å². The molecule has 0 radical (unpaired) electrons. The van der Waals surface area contributed by atoms with E-state index in [1.165, 1.54) is 0 Å². The van der Waals surface area contributed by atoms with E-state index in [2.05, 4.69) is 0 Å². The predicted octanol–water partition coefficient (Wildman–Crippen LogP) is 0.332. The zero-order valence-corrected chi connectivity index (χ0v) is 8.94. The molecule has 0 fully saturated rings. The van der Waals surface area contributed by atoms with Crippen LogP contribution in [0.25, 0.3) is 0 Å². The van der Waals surface area contributed by atoms with Crippen molar-refractivity contribution in [2.75, 3.05) is 0 Å². The summed E-state index contributed by atoms with van der Waals surface area (Å²) in [6.45, 7) is 1.83. The predicted molar refractivity (Wildman–Crippen MR) is 16.5 cm³/mol. The van der Waals surface area contributed by atoms with E-state index < -0.39 is 0 Å². The number of hydrogen-bond acceptors (Lipinski definition) is 1. The summed E-state index contributed by atoms with van der Waals surface area (Å²) in [5, 5.41) is 8.41. The molecule has 0 heterocycles. The van der Waals surface area contributed by atoms with Crippen LogP contribution >= 0.6 is 0 Å². The summed E-state index contributed by atoms with van der Waals surface area (Å²) < 4.78 is 1.06. The molecule has 26 valence electrons. The molecule has 1 unspecified atom stereocenters. The van der Waals surface area contributed by atoms with Crippen molar-refractivity contribution in [3.8, 4) is 0 Å². The van der Waals surface area contributed by atoms with Gasteiger partial charge in [0.25, 0.3) is 0 Å². The molecule has 0 aromatic carbocycles. The fourth-order valence-corrected chi connectivity index (χ4v) is 0. The van der Waals surface area contributed by atoms with Gasteiger partial charge in [-0.2, -0.15) is 0 Å². The Balaban J connectivity index is 2.54. The molecule has 2 heteroatoms. The third-order valence-electron chi connectivity index (χ3n) is 0.418. The summed E-state index contributed by atoms with van der Waals surface area (Å²) in [6, 6.07) is 0. The third-order valence-corrected chi connectivity index (χ3v) is 3.67. The summed E-state index contributed by atoms with van der Waals surface area (Å²) >= 11 is 0.793. The Labute approximate surface area is 48.4 Å². The van der Waals surface area contributed by atoms with E-state index in [9.17, 15) is 0 Å². The van der Waals surface area contributed by atoms with E-state index in [0.29, 0.717) is 0 Å². The molecule has 1 nitrogen and oxygen atoms in total. The van der Waals surface area contributed by atoms with Crippen molar-refractivity contribution < 1.29 is 31.2 Å². The Morgan fingerprint density at radius 1 is 2.00 bits per heavy atom. The topological polar surface area (TPSA) is 20.2 Å². The monoisotopic (exact) mass is 261 g/mol. The van der Waals surface area contributed by atoms with Gasteiger partial charge < -0.3 is 0 Å². The summed E-state index contributed by atoms with van der Waals surface area (Å²) in [5.41, 5.74) is 0. The molecule has 0 aromatic heterocycles. The van der Waals surface area contributed by atoms with Gasteiger partial charge in [-0.15, -0.1) is 0 Å². The van der Waals surface area contributed by atoms with Crippen LogP contribution in [-0.4, -0.2) is 11.2 Å². The summed E-state index contributed by atoms with van der Waals surface area (Å²) in [6.07, 6.45) is -0.0293. The van der Waals surface area contributed by atoms with Crippen molar-refractivity contribution in [3.05, 3.63) is 0 Å². The maximum absolute atomic E-state index is 8.41. The molecular weight excluding hydrogens is 253 g/mol. The SMILES string of the molecule is CC(O)[CH2][Hg+]. The number of hydrogen-bond donors (Lipinski definition) is 1. The van der Waals surface area contributed by atoms with E-state index >= 15 is 0 Å². The molecule has 0 rings (SSSR count). The molecule has 0 aliphatic carbocycles. The van der Waals surface area contributed by atoms with Crippen molar-refractivity contribution in [2.45, 2.75) is 17.0 Å². The van der Waals surface area contributed by atoms with Crippen molar-refractivity contribution in [2.24, 2.45) is 0 Å². The van der Waals surface area contributed by atoms with Crippen molar-refractivity contribution in [1.29, 1.82) is 0 Å². The summed E-state index contributed by atoms with van der Waals surface area (Å²) in [5.74, 6) is 0. The molecule has 0 bridgehead atoms. The number of rotatable bonds is 1. The van der Waals surface area contributed by atoms with Crippen LogP contribution in [-0.2, 0) is 26.1 Å². The van der Waals surface area contributed by atoms with Gasteiger partial charge >= 0.3 is 48.2 Å². The fourth-order valence-electron chi connectivity index (χ4n) is 0. The molecule has 0 aromatic rings. The second kappa shape index (κ2) is 3.10. The maximum atomic E-state index is 8.41. The molecule has 5 heavy (non-hydrogen) atoms. The van der Waals surface area contributed by atoms with Gasteiger partial charge in [0, 0.05) is 0 Å². The standard InChI is InChI=1S/C3H7O.Hg/c1-3(2)4;/h3-4H,1H2,2H3;/q;+1. The van der Waals surface area contributed by atoms with Gasteiger partial charge in [-0.3, -0.25) is 0 Å². The van der Waals surface area contributed by atoms with Gasteiger partial charge in [0.1, 0.15) is 0 Å². The minimum atomic E-state index is -0.0293. The Hall–Kier alpha value is 0.895. The number of aliphatic hydroxyl groups excluding tert-OH is 1. The first kappa shape index (κ1) is 5.90. The Kier molecular flexibility index (Phi) is 3.65. The molecule has 1 atom stereocenters. The second-order valence-corrected chi connectivity index (χ2v) is 3.38. The van der Waals surface area contributed by atoms with Crippen LogP contribution in [0, 0.1) is 0 Å². The third kappa shape index (κ3) is 4.90. The summed E-state index contributed by atoms with van der Waals surface area (Å²) in [4.78, 5) is 0. The van der Waals surface area contributed by atoms with Crippen LogP contribution in [0.5, 0.6) is 0 Å². The van der Waals surface area contributed by atoms with Crippen LogP contribution in [0.1, 0.15) is 6.92 Å². The number of aliphatic hydroxyl groups is 1.